The SMILES string of the molecule is CC1=CCC[C@@H](CCC[C@H](O)C(=O)C(CC(C)CC(C)C)[C@H](CC(C)CC2=CCCC=C2)C[C@H]2C=C[C@H]3CCC=CC3C2)C1. The maximum absolute atomic E-state index is 14.4. The second-order valence-corrected chi connectivity index (χ2v) is 16.1. The molecule has 9 atom stereocenters. The van der Waals surface area contributed by atoms with Gasteiger partial charge in [-0.05, 0) is 144 Å². The normalized spacial score (nSPS) is 28.5. The average Bonchev–Trinajstić information content (AvgIpc) is 2.99. The minimum atomic E-state index is -0.819. The molecule has 0 bridgehead atoms. The molecule has 0 aromatic rings. The van der Waals surface area contributed by atoms with E-state index < -0.39 is 6.10 Å². The van der Waals surface area contributed by atoms with E-state index in [2.05, 4.69) is 83.2 Å². The van der Waals surface area contributed by atoms with E-state index >= 15 is 0 Å². The number of ketones is 1. The Labute approximate surface area is 271 Å². The van der Waals surface area contributed by atoms with E-state index in [1.807, 2.05) is 0 Å². The summed E-state index contributed by atoms with van der Waals surface area (Å²) in [6, 6.07) is 0. The van der Waals surface area contributed by atoms with Crippen LogP contribution in [0.25, 0.3) is 0 Å². The molecule has 0 radical (unpaired) electrons. The van der Waals surface area contributed by atoms with Gasteiger partial charge in [-0.1, -0.05) is 100 Å². The Balaban J connectivity index is 1.49. The Morgan fingerprint density at radius 1 is 0.886 bits per heavy atom. The Hall–Kier alpha value is -1.67. The molecule has 0 spiro atoms. The Bertz CT molecular complexity index is 1040. The average molecular weight is 603 g/mol. The number of hydrogen-bond donors (Lipinski definition) is 1. The standard InChI is InChI=1S/C42H66O2/c1-30(2)23-32(4)27-40(42(44)41(43)20-12-17-35-16-11-13-31(3)24-35)39(26-33(5)25-34-14-7-6-8-15-34)29-36-21-22-37-18-9-10-19-38(37)28-36/h7,10,13-15,19,21-22,30,32-33,35-41,43H,6,8-9,11-12,16-18,20,23-29H2,1-5H3/t32?,33?,35-,36-,37+,38?,39+,40?,41-/m0/s1. The quantitative estimate of drug-likeness (QED) is 0.168. The molecular weight excluding hydrogens is 536 g/mol. The van der Waals surface area contributed by atoms with E-state index in [0.717, 1.165) is 63.7 Å². The van der Waals surface area contributed by atoms with E-state index in [9.17, 15) is 9.90 Å². The minimum Gasteiger partial charge on any atom is -0.385 e. The zero-order valence-electron chi connectivity index (χ0n) is 29.1. The highest BCUT2D eigenvalue weighted by Crippen LogP contribution is 2.42. The lowest BCUT2D eigenvalue weighted by Crippen LogP contribution is -2.36. The van der Waals surface area contributed by atoms with Crippen molar-refractivity contribution in [1.82, 2.24) is 0 Å². The highest BCUT2D eigenvalue weighted by Gasteiger charge is 2.37. The lowest BCUT2D eigenvalue weighted by atomic mass is 9.67. The maximum Gasteiger partial charge on any atom is 0.164 e. The van der Waals surface area contributed by atoms with Crippen molar-refractivity contribution in [2.75, 3.05) is 0 Å². The summed E-state index contributed by atoms with van der Waals surface area (Å²) in [5, 5.41) is 11.5. The fraction of sp³-hybridized carbons (Fsp3) is 0.738. The van der Waals surface area contributed by atoms with Crippen molar-refractivity contribution in [1.29, 1.82) is 0 Å². The van der Waals surface area contributed by atoms with Gasteiger partial charge in [0.1, 0.15) is 6.10 Å². The van der Waals surface area contributed by atoms with Crippen molar-refractivity contribution in [2.24, 2.45) is 53.3 Å². The van der Waals surface area contributed by atoms with Crippen molar-refractivity contribution in [3.8, 4) is 0 Å². The molecule has 1 N–H and O–H groups in total. The zero-order valence-corrected chi connectivity index (χ0v) is 29.1. The summed E-state index contributed by atoms with van der Waals surface area (Å²) in [6.45, 7) is 11.6. The molecule has 2 heteroatoms. The van der Waals surface area contributed by atoms with Gasteiger partial charge in [-0.25, -0.2) is 0 Å². The first-order chi connectivity index (χ1) is 21.2. The molecule has 0 aromatic heterocycles. The van der Waals surface area contributed by atoms with Gasteiger partial charge in [0.2, 0.25) is 0 Å². The predicted octanol–water partition coefficient (Wildman–Crippen LogP) is 11.4. The molecule has 0 aromatic carbocycles. The summed E-state index contributed by atoms with van der Waals surface area (Å²) in [6.07, 6.45) is 36.2. The molecule has 0 saturated carbocycles. The maximum atomic E-state index is 14.4. The van der Waals surface area contributed by atoms with Crippen LogP contribution in [0.1, 0.15) is 137 Å². The molecule has 44 heavy (non-hydrogen) atoms. The summed E-state index contributed by atoms with van der Waals surface area (Å²) >= 11 is 0. The van der Waals surface area contributed by atoms with Crippen LogP contribution in [0.15, 0.2) is 59.8 Å². The third-order valence-electron chi connectivity index (χ3n) is 11.3. The Kier molecular flexibility index (Phi) is 14.3. The highest BCUT2D eigenvalue weighted by molar-refractivity contribution is 5.85. The summed E-state index contributed by atoms with van der Waals surface area (Å²) in [5.74, 6) is 4.67. The number of aliphatic hydroxyl groups is 1. The molecule has 0 aliphatic heterocycles. The highest BCUT2D eigenvalue weighted by atomic mass is 16.3. The fourth-order valence-electron chi connectivity index (χ4n) is 9.26. The van der Waals surface area contributed by atoms with Gasteiger partial charge in [-0.2, -0.15) is 0 Å². The first-order valence-electron chi connectivity index (χ1n) is 18.8. The summed E-state index contributed by atoms with van der Waals surface area (Å²) in [4.78, 5) is 14.4. The van der Waals surface area contributed by atoms with Gasteiger partial charge >= 0.3 is 0 Å². The summed E-state index contributed by atoms with van der Waals surface area (Å²) in [5.41, 5.74) is 2.99. The van der Waals surface area contributed by atoms with E-state index in [4.69, 9.17) is 0 Å². The van der Waals surface area contributed by atoms with Gasteiger partial charge in [0.05, 0.1) is 0 Å². The molecule has 4 aliphatic carbocycles. The number of carbonyl (C=O) groups is 1. The van der Waals surface area contributed by atoms with Crippen molar-refractivity contribution in [3.63, 3.8) is 0 Å². The van der Waals surface area contributed by atoms with E-state index in [-0.39, 0.29) is 11.7 Å². The van der Waals surface area contributed by atoms with Crippen LogP contribution in [0.2, 0.25) is 0 Å². The number of carbonyl (C=O) groups excluding carboxylic acids is 1. The fourth-order valence-corrected chi connectivity index (χ4v) is 9.26. The van der Waals surface area contributed by atoms with Crippen molar-refractivity contribution >= 4 is 5.78 Å². The van der Waals surface area contributed by atoms with Gasteiger partial charge < -0.3 is 5.11 Å². The van der Waals surface area contributed by atoms with Crippen LogP contribution in [0.4, 0.5) is 0 Å². The summed E-state index contributed by atoms with van der Waals surface area (Å²) < 4.78 is 0. The number of Topliss-reactive ketones (excluding diaryl/α,β-unsaturated/α-hetero) is 1. The van der Waals surface area contributed by atoms with Crippen molar-refractivity contribution in [2.45, 2.75) is 143 Å². The zero-order chi connectivity index (χ0) is 31.5. The van der Waals surface area contributed by atoms with Gasteiger partial charge in [0.25, 0.3) is 0 Å². The first-order valence-corrected chi connectivity index (χ1v) is 18.8. The van der Waals surface area contributed by atoms with E-state index in [1.165, 1.54) is 49.7 Å². The largest absolute Gasteiger partial charge is 0.385 e. The second-order valence-electron chi connectivity index (χ2n) is 16.1. The number of aliphatic hydroxyl groups excluding tert-OH is 1. The third-order valence-corrected chi connectivity index (χ3v) is 11.3. The summed E-state index contributed by atoms with van der Waals surface area (Å²) in [7, 11) is 0. The van der Waals surface area contributed by atoms with Crippen LogP contribution in [-0.4, -0.2) is 17.0 Å². The van der Waals surface area contributed by atoms with Gasteiger partial charge in [-0.3, -0.25) is 4.79 Å². The molecule has 0 fully saturated rings. The van der Waals surface area contributed by atoms with Gasteiger partial charge in [-0.15, -0.1) is 0 Å². The monoisotopic (exact) mass is 603 g/mol. The van der Waals surface area contributed by atoms with E-state index in [0.29, 0.717) is 47.8 Å². The Morgan fingerprint density at radius 2 is 1.73 bits per heavy atom. The number of allylic oxidation sites excluding steroid dienone is 10. The van der Waals surface area contributed by atoms with Crippen LogP contribution in [-0.2, 0) is 4.79 Å². The minimum absolute atomic E-state index is 0.0510. The van der Waals surface area contributed by atoms with Crippen molar-refractivity contribution in [3.05, 3.63) is 59.8 Å². The van der Waals surface area contributed by atoms with Crippen LogP contribution in [0.3, 0.4) is 0 Å². The number of hydrogen-bond acceptors (Lipinski definition) is 2. The van der Waals surface area contributed by atoms with Crippen LogP contribution >= 0.6 is 0 Å². The molecule has 0 saturated heterocycles. The number of rotatable bonds is 17. The molecule has 4 rings (SSSR count). The molecule has 246 valence electrons. The first kappa shape index (κ1) is 35.2. The van der Waals surface area contributed by atoms with Crippen molar-refractivity contribution < 1.29 is 9.90 Å². The molecule has 0 heterocycles. The van der Waals surface area contributed by atoms with Gasteiger partial charge in [0, 0.05) is 5.92 Å². The molecule has 0 amide bonds. The molecule has 2 nitrogen and oxygen atoms in total. The van der Waals surface area contributed by atoms with Gasteiger partial charge in [0.15, 0.2) is 5.78 Å². The lowest BCUT2D eigenvalue weighted by Gasteiger charge is -2.37. The molecule has 4 aliphatic rings. The van der Waals surface area contributed by atoms with Crippen LogP contribution < -0.4 is 0 Å². The predicted molar refractivity (Wildman–Crippen MR) is 188 cm³/mol. The second kappa shape index (κ2) is 17.9. The van der Waals surface area contributed by atoms with Crippen LogP contribution in [0, 0.1) is 53.3 Å². The van der Waals surface area contributed by atoms with Crippen LogP contribution in [0.5, 0.6) is 0 Å². The Morgan fingerprint density at radius 3 is 2.48 bits per heavy atom. The molecular formula is C42H66O2. The number of fused-ring (bicyclic) bond motifs is 1. The van der Waals surface area contributed by atoms with E-state index in [1.54, 1.807) is 0 Å². The smallest absolute Gasteiger partial charge is 0.164 e. The lowest BCUT2D eigenvalue weighted by molar-refractivity contribution is -0.134. The third kappa shape index (κ3) is 11.3. The topological polar surface area (TPSA) is 37.3 Å². The molecule has 4 unspecified atom stereocenters.